The molecule has 0 N–H and O–H groups in total. The zero-order chi connectivity index (χ0) is 12.1. The SMILES string of the molecule is C=CC(=O)N1CCCCC(N(C)C(C)C)C1. The van der Waals surface area contributed by atoms with Crippen molar-refractivity contribution >= 4 is 5.91 Å². The molecule has 92 valence electrons. The average Bonchev–Trinajstić information content (AvgIpc) is 2.52. The van der Waals surface area contributed by atoms with Gasteiger partial charge in [-0.3, -0.25) is 9.69 Å². The van der Waals surface area contributed by atoms with Crippen LogP contribution in [0.5, 0.6) is 0 Å². The molecule has 1 atom stereocenters. The second kappa shape index (κ2) is 6.04. The number of rotatable bonds is 3. The van der Waals surface area contributed by atoms with Crippen LogP contribution in [0, 0.1) is 0 Å². The van der Waals surface area contributed by atoms with Crippen LogP contribution in [0.25, 0.3) is 0 Å². The van der Waals surface area contributed by atoms with Gasteiger partial charge in [0.25, 0.3) is 0 Å². The Hall–Kier alpha value is -0.830. The summed E-state index contributed by atoms with van der Waals surface area (Å²) in [5, 5.41) is 0. The molecule has 1 fully saturated rings. The highest BCUT2D eigenvalue weighted by atomic mass is 16.2. The van der Waals surface area contributed by atoms with Crippen molar-refractivity contribution in [2.24, 2.45) is 0 Å². The van der Waals surface area contributed by atoms with Crippen LogP contribution in [-0.2, 0) is 4.79 Å². The van der Waals surface area contributed by atoms with Gasteiger partial charge in [-0.2, -0.15) is 0 Å². The maximum absolute atomic E-state index is 11.6. The van der Waals surface area contributed by atoms with E-state index in [1.165, 1.54) is 18.9 Å². The molecule has 1 aliphatic rings. The first-order chi connectivity index (χ1) is 7.56. The molecule has 1 amide bonds. The van der Waals surface area contributed by atoms with Crippen LogP contribution in [0.3, 0.4) is 0 Å². The van der Waals surface area contributed by atoms with Gasteiger partial charge >= 0.3 is 0 Å². The van der Waals surface area contributed by atoms with Crippen molar-refractivity contribution in [3.63, 3.8) is 0 Å². The predicted molar refractivity (Wildman–Crippen MR) is 67.3 cm³/mol. The monoisotopic (exact) mass is 224 g/mol. The van der Waals surface area contributed by atoms with E-state index in [4.69, 9.17) is 0 Å². The van der Waals surface area contributed by atoms with Gasteiger partial charge in [0.15, 0.2) is 0 Å². The third-order valence-corrected chi connectivity index (χ3v) is 3.52. The molecule has 0 radical (unpaired) electrons. The Morgan fingerprint density at radius 3 is 2.75 bits per heavy atom. The molecule has 0 bridgehead atoms. The van der Waals surface area contributed by atoms with E-state index in [9.17, 15) is 4.79 Å². The Morgan fingerprint density at radius 1 is 1.50 bits per heavy atom. The molecule has 0 aromatic heterocycles. The standard InChI is InChI=1S/C13H24N2O/c1-5-13(16)15-9-7-6-8-12(10-15)14(4)11(2)3/h5,11-12H,1,6-10H2,2-4H3. The fourth-order valence-electron chi connectivity index (χ4n) is 2.20. The van der Waals surface area contributed by atoms with Crippen molar-refractivity contribution in [2.75, 3.05) is 20.1 Å². The third kappa shape index (κ3) is 3.34. The summed E-state index contributed by atoms with van der Waals surface area (Å²) in [6.07, 6.45) is 4.94. The molecule has 1 aliphatic heterocycles. The summed E-state index contributed by atoms with van der Waals surface area (Å²) in [5.74, 6) is 0.0732. The van der Waals surface area contributed by atoms with Crippen molar-refractivity contribution in [1.29, 1.82) is 0 Å². The lowest BCUT2D eigenvalue weighted by atomic mass is 10.1. The summed E-state index contributed by atoms with van der Waals surface area (Å²) in [6, 6.07) is 1.02. The molecule has 0 aromatic carbocycles. The van der Waals surface area contributed by atoms with Crippen molar-refractivity contribution in [3.8, 4) is 0 Å². The van der Waals surface area contributed by atoms with E-state index in [1.54, 1.807) is 0 Å². The molecule has 1 rings (SSSR count). The van der Waals surface area contributed by atoms with Crippen LogP contribution in [0.15, 0.2) is 12.7 Å². The summed E-state index contributed by atoms with van der Waals surface area (Å²) in [6.45, 7) is 9.69. The Labute approximate surface area is 99.1 Å². The Bertz CT molecular complexity index is 250. The number of hydrogen-bond acceptors (Lipinski definition) is 2. The zero-order valence-corrected chi connectivity index (χ0v) is 10.8. The highest BCUT2D eigenvalue weighted by Crippen LogP contribution is 2.16. The first-order valence-corrected chi connectivity index (χ1v) is 6.19. The second-order valence-corrected chi connectivity index (χ2v) is 4.90. The number of amides is 1. The molecule has 0 aliphatic carbocycles. The van der Waals surface area contributed by atoms with Crippen LogP contribution in [0.1, 0.15) is 33.1 Å². The van der Waals surface area contributed by atoms with Gasteiger partial charge in [0.05, 0.1) is 0 Å². The van der Waals surface area contributed by atoms with Gasteiger partial charge in [-0.1, -0.05) is 13.0 Å². The zero-order valence-electron chi connectivity index (χ0n) is 10.8. The largest absolute Gasteiger partial charge is 0.338 e. The average molecular weight is 224 g/mol. The van der Waals surface area contributed by atoms with Crippen LogP contribution in [0.4, 0.5) is 0 Å². The summed E-state index contributed by atoms with van der Waals surface area (Å²) in [4.78, 5) is 16.0. The maximum atomic E-state index is 11.6. The molecule has 16 heavy (non-hydrogen) atoms. The van der Waals surface area contributed by atoms with Gasteiger partial charge in [-0.25, -0.2) is 0 Å². The number of likely N-dealkylation sites (tertiary alicyclic amines) is 1. The van der Waals surface area contributed by atoms with E-state index in [2.05, 4.69) is 32.4 Å². The number of carbonyl (C=O) groups excluding carboxylic acids is 1. The Kier molecular flexibility index (Phi) is 5.00. The van der Waals surface area contributed by atoms with Crippen LogP contribution < -0.4 is 0 Å². The minimum atomic E-state index is 0.0732. The Morgan fingerprint density at radius 2 is 2.19 bits per heavy atom. The van der Waals surface area contributed by atoms with Gasteiger partial charge in [0, 0.05) is 25.2 Å². The van der Waals surface area contributed by atoms with Crippen LogP contribution in [-0.4, -0.2) is 47.9 Å². The molecule has 1 heterocycles. The number of nitrogens with zero attached hydrogens (tertiary/aromatic N) is 2. The van der Waals surface area contributed by atoms with Gasteiger partial charge in [0.1, 0.15) is 0 Å². The molecule has 0 saturated carbocycles. The lowest BCUT2D eigenvalue weighted by Crippen LogP contribution is -2.45. The molecular weight excluding hydrogens is 200 g/mol. The van der Waals surface area contributed by atoms with E-state index in [-0.39, 0.29) is 5.91 Å². The summed E-state index contributed by atoms with van der Waals surface area (Å²) >= 11 is 0. The second-order valence-electron chi connectivity index (χ2n) is 4.90. The molecule has 0 aromatic rings. The quantitative estimate of drug-likeness (QED) is 0.684. The van der Waals surface area contributed by atoms with Crippen molar-refractivity contribution in [3.05, 3.63) is 12.7 Å². The molecule has 1 saturated heterocycles. The van der Waals surface area contributed by atoms with E-state index >= 15 is 0 Å². The van der Waals surface area contributed by atoms with E-state index in [1.807, 2.05) is 4.90 Å². The van der Waals surface area contributed by atoms with Gasteiger partial charge < -0.3 is 4.90 Å². The normalized spacial score (nSPS) is 22.3. The maximum Gasteiger partial charge on any atom is 0.246 e. The molecule has 3 nitrogen and oxygen atoms in total. The minimum Gasteiger partial charge on any atom is -0.338 e. The molecule has 1 unspecified atom stereocenters. The van der Waals surface area contributed by atoms with E-state index in [0.717, 1.165) is 19.5 Å². The van der Waals surface area contributed by atoms with Crippen LogP contribution >= 0.6 is 0 Å². The fourth-order valence-corrected chi connectivity index (χ4v) is 2.20. The lowest BCUT2D eigenvalue weighted by molar-refractivity contribution is -0.126. The highest BCUT2D eigenvalue weighted by molar-refractivity contribution is 5.87. The van der Waals surface area contributed by atoms with Crippen molar-refractivity contribution in [1.82, 2.24) is 9.80 Å². The molecule has 3 heteroatoms. The number of hydrogen-bond donors (Lipinski definition) is 0. The summed E-state index contributed by atoms with van der Waals surface area (Å²) in [5.41, 5.74) is 0. The van der Waals surface area contributed by atoms with Gasteiger partial charge in [-0.15, -0.1) is 0 Å². The Balaban J connectivity index is 2.65. The predicted octanol–water partition coefficient (Wildman–Crippen LogP) is 1.89. The van der Waals surface area contributed by atoms with Crippen molar-refractivity contribution < 1.29 is 4.79 Å². The summed E-state index contributed by atoms with van der Waals surface area (Å²) in [7, 11) is 2.15. The first kappa shape index (κ1) is 13.2. The fraction of sp³-hybridized carbons (Fsp3) is 0.769. The third-order valence-electron chi connectivity index (χ3n) is 3.52. The number of likely N-dealkylation sites (N-methyl/N-ethyl adjacent to an activating group) is 1. The van der Waals surface area contributed by atoms with Crippen LogP contribution in [0.2, 0.25) is 0 Å². The topological polar surface area (TPSA) is 23.6 Å². The highest BCUT2D eigenvalue weighted by Gasteiger charge is 2.24. The number of carbonyl (C=O) groups is 1. The molecular formula is C13H24N2O. The minimum absolute atomic E-state index is 0.0732. The molecule has 0 spiro atoms. The smallest absolute Gasteiger partial charge is 0.246 e. The first-order valence-electron chi connectivity index (χ1n) is 6.19. The van der Waals surface area contributed by atoms with Gasteiger partial charge in [0.2, 0.25) is 5.91 Å². The van der Waals surface area contributed by atoms with Gasteiger partial charge in [-0.05, 0) is 39.8 Å². The van der Waals surface area contributed by atoms with E-state index < -0.39 is 0 Å². The summed E-state index contributed by atoms with van der Waals surface area (Å²) < 4.78 is 0. The van der Waals surface area contributed by atoms with E-state index in [0.29, 0.717) is 12.1 Å². The lowest BCUT2D eigenvalue weighted by Gasteiger charge is -2.33. The van der Waals surface area contributed by atoms with Crippen molar-refractivity contribution in [2.45, 2.75) is 45.2 Å².